The molecular formula is C14H28B2O4. The van der Waals surface area contributed by atoms with Gasteiger partial charge in [0.1, 0.15) is 0 Å². The van der Waals surface area contributed by atoms with Crippen molar-refractivity contribution in [1.82, 2.24) is 0 Å². The number of hydrogen-bond acceptors (Lipinski definition) is 4. The largest absolute Gasteiger partial charge is 0.488 e. The van der Waals surface area contributed by atoms with Gasteiger partial charge >= 0.3 is 14.0 Å². The highest BCUT2D eigenvalue weighted by Crippen LogP contribution is 2.45. The molecule has 6 heteroatoms. The zero-order chi connectivity index (χ0) is 15.4. The van der Waals surface area contributed by atoms with E-state index in [1.165, 1.54) is 0 Å². The van der Waals surface area contributed by atoms with Gasteiger partial charge in [0.15, 0.2) is 0 Å². The van der Waals surface area contributed by atoms with Crippen molar-refractivity contribution < 1.29 is 18.6 Å². The van der Waals surface area contributed by atoms with Crippen molar-refractivity contribution in [3.63, 3.8) is 0 Å². The molecule has 2 unspecified atom stereocenters. The SMILES string of the molecule is CCC1(C)OB(B2OC(C)(C)C(C)(CC)O2)OC1(C)C. The lowest BCUT2D eigenvalue weighted by atomic mass is 9.49. The van der Waals surface area contributed by atoms with Crippen molar-refractivity contribution in [2.75, 3.05) is 0 Å². The van der Waals surface area contributed by atoms with Crippen LogP contribution in [-0.4, -0.2) is 36.4 Å². The standard InChI is InChI=1S/C14H28B2O4/c1-9-13(7)11(3,4)17-15(19-13)16-18-12(5,6)14(8,10-2)20-16/h9-10H2,1-8H3. The van der Waals surface area contributed by atoms with Crippen molar-refractivity contribution in [3.05, 3.63) is 0 Å². The molecule has 2 rings (SSSR count). The van der Waals surface area contributed by atoms with E-state index in [2.05, 4.69) is 55.4 Å². The van der Waals surface area contributed by atoms with Crippen LogP contribution in [-0.2, 0) is 18.6 Å². The molecule has 0 bridgehead atoms. The average Bonchev–Trinajstić information content (AvgIpc) is 2.73. The summed E-state index contributed by atoms with van der Waals surface area (Å²) in [5.41, 5.74) is -1.34. The van der Waals surface area contributed by atoms with Gasteiger partial charge in [0, 0.05) is 0 Å². The lowest BCUT2D eigenvalue weighted by Crippen LogP contribution is -2.44. The molecule has 4 nitrogen and oxygen atoms in total. The summed E-state index contributed by atoms with van der Waals surface area (Å²) >= 11 is 0. The molecular weight excluding hydrogens is 254 g/mol. The maximum atomic E-state index is 6.16. The molecule has 0 spiro atoms. The van der Waals surface area contributed by atoms with Crippen LogP contribution in [0.3, 0.4) is 0 Å². The van der Waals surface area contributed by atoms with E-state index < -0.39 is 14.0 Å². The third kappa shape index (κ3) is 2.25. The number of hydrogen-bond donors (Lipinski definition) is 0. The summed E-state index contributed by atoms with van der Waals surface area (Å²) in [4.78, 5) is 0. The molecule has 0 aromatic rings. The lowest BCUT2D eigenvalue weighted by Gasteiger charge is -2.35. The van der Waals surface area contributed by atoms with Crippen LogP contribution in [0.15, 0.2) is 0 Å². The normalized spacial score (nSPS) is 39.6. The summed E-state index contributed by atoms with van der Waals surface area (Å²) in [6, 6.07) is 0. The minimum absolute atomic E-state index is 0.320. The van der Waals surface area contributed by atoms with Gasteiger partial charge in [-0.3, -0.25) is 0 Å². The van der Waals surface area contributed by atoms with Gasteiger partial charge in [0.2, 0.25) is 0 Å². The fraction of sp³-hybridized carbons (Fsp3) is 1.00. The molecule has 2 fully saturated rings. The van der Waals surface area contributed by atoms with E-state index in [9.17, 15) is 0 Å². The quantitative estimate of drug-likeness (QED) is 0.745. The summed E-state index contributed by atoms with van der Waals surface area (Å²) in [7, 11) is -0.940. The Balaban J connectivity index is 2.17. The van der Waals surface area contributed by atoms with Gasteiger partial charge in [-0.15, -0.1) is 0 Å². The lowest BCUT2D eigenvalue weighted by molar-refractivity contribution is -0.0119. The van der Waals surface area contributed by atoms with Gasteiger partial charge < -0.3 is 18.6 Å². The highest BCUT2D eigenvalue weighted by Gasteiger charge is 2.64. The molecule has 2 saturated heterocycles. The van der Waals surface area contributed by atoms with Gasteiger partial charge in [0.25, 0.3) is 0 Å². The summed E-state index contributed by atoms with van der Waals surface area (Å²) < 4.78 is 24.5. The molecule has 20 heavy (non-hydrogen) atoms. The zero-order valence-corrected chi connectivity index (χ0v) is 14.2. The zero-order valence-electron chi connectivity index (χ0n) is 14.2. The fourth-order valence-electron chi connectivity index (χ4n) is 2.92. The van der Waals surface area contributed by atoms with Gasteiger partial charge in [-0.05, 0) is 54.4 Å². The van der Waals surface area contributed by atoms with Gasteiger partial charge in [-0.25, -0.2) is 0 Å². The van der Waals surface area contributed by atoms with Gasteiger partial charge in [-0.1, -0.05) is 13.8 Å². The van der Waals surface area contributed by atoms with E-state index in [0.717, 1.165) is 12.8 Å². The van der Waals surface area contributed by atoms with Crippen LogP contribution in [0.2, 0.25) is 0 Å². The fourth-order valence-corrected chi connectivity index (χ4v) is 2.92. The van der Waals surface area contributed by atoms with Crippen LogP contribution in [0, 0.1) is 0 Å². The third-order valence-corrected chi connectivity index (χ3v) is 5.69. The van der Waals surface area contributed by atoms with Crippen LogP contribution < -0.4 is 0 Å². The van der Waals surface area contributed by atoms with Crippen LogP contribution in [0.1, 0.15) is 68.2 Å². The smallest absolute Gasteiger partial charge is 0.405 e. The van der Waals surface area contributed by atoms with Crippen LogP contribution in [0.25, 0.3) is 0 Å². The van der Waals surface area contributed by atoms with Crippen molar-refractivity contribution in [2.45, 2.75) is 90.6 Å². The van der Waals surface area contributed by atoms with Crippen LogP contribution >= 0.6 is 0 Å². The molecule has 2 atom stereocenters. The number of rotatable bonds is 3. The third-order valence-electron chi connectivity index (χ3n) is 5.69. The molecule has 0 aromatic heterocycles. The molecule has 0 saturated carbocycles. The molecule has 2 aliphatic heterocycles. The summed E-state index contributed by atoms with van der Waals surface area (Å²) in [6.45, 7) is 16.7. The Labute approximate surface area is 124 Å². The Morgan fingerprint density at radius 1 is 0.600 bits per heavy atom. The first kappa shape index (κ1) is 16.3. The predicted octanol–water partition coefficient (Wildman–Crippen LogP) is 3.03. The molecule has 2 heterocycles. The highest BCUT2D eigenvalue weighted by molar-refractivity contribution is 7.11. The first-order valence-electron chi connectivity index (χ1n) is 7.71. The summed E-state index contributed by atoms with van der Waals surface area (Å²) in [5.74, 6) is 0. The second-order valence-corrected chi connectivity index (χ2v) is 7.40. The highest BCUT2D eigenvalue weighted by atomic mass is 16.7. The van der Waals surface area contributed by atoms with E-state index >= 15 is 0 Å². The van der Waals surface area contributed by atoms with Crippen molar-refractivity contribution in [3.8, 4) is 0 Å². The molecule has 0 aliphatic carbocycles. The molecule has 0 aromatic carbocycles. The van der Waals surface area contributed by atoms with E-state index in [0.29, 0.717) is 0 Å². The Hall–Kier alpha value is -0.0301. The Kier molecular flexibility index (Phi) is 3.87. The Morgan fingerprint density at radius 2 is 0.900 bits per heavy atom. The van der Waals surface area contributed by atoms with Crippen molar-refractivity contribution in [2.24, 2.45) is 0 Å². The topological polar surface area (TPSA) is 36.9 Å². The maximum Gasteiger partial charge on any atom is 0.488 e. The maximum absolute atomic E-state index is 6.16. The second kappa shape index (κ2) is 4.73. The van der Waals surface area contributed by atoms with E-state index in [-0.39, 0.29) is 22.4 Å². The molecule has 0 amide bonds. The van der Waals surface area contributed by atoms with E-state index in [1.807, 2.05) is 0 Å². The van der Waals surface area contributed by atoms with Crippen LogP contribution in [0.5, 0.6) is 0 Å². The minimum Gasteiger partial charge on any atom is -0.405 e. The molecule has 2 aliphatic rings. The summed E-state index contributed by atoms with van der Waals surface area (Å²) in [5, 5.41) is 0. The van der Waals surface area contributed by atoms with Gasteiger partial charge in [-0.2, -0.15) is 0 Å². The van der Waals surface area contributed by atoms with E-state index in [1.54, 1.807) is 0 Å². The molecule has 0 radical (unpaired) electrons. The first-order valence-corrected chi connectivity index (χ1v) is 7.71. The minimum atomic E-state index is -0.470. The average molecular weight is 282 g/mol. The van der Waals surface area contributed by atoms with Crippen LogP contribution in [0.4, 0.5) is 0 Å². The predicted molar refractivity (Wildman–Crippen MR) is 81.4 cm³/mol. The van der Waals surface area contributed by atoms with Crippen molar-refractivity contribution in [1.29, 1.82) is 0 Å². The Morgan fingerprint density at radius 3 is 1.10 bits per heavy atom. The van der Waals surface area contributed by atoms with Crippen molar-refractivity contribution >= 4 is 14.0 Å². The monoisotopic (exact) mass is 282 g/mol. The Bertz CT molecular complexity index is 351. The first-order chi connectivity index (χ1) is 9.00. The van der Waals surface area contributed by atoms with Gasteiger partial charge in [0.05, 0.1) is 22.4 Å². The second-order valence-electron chi connectivity index (χ2n) is 7.40. The molecule has 114 valence electrons. The summed E-state index contributed by atoms with van der Waals surface area (Å²) in [6.07, 6.45) is 1.77. The molecule has 0 N–H and O–H groups in total. The van der Waals surface area contributed by atoms with E-state index in [4.69, 9.17) is 18.6 Å².